The number of aromatic nitrogens is 4. The van der Waals surface area contributed by atoms with Crippen LogP contribution < -0.4 is 0 Å². The number of benzene rings is 1. The fourth-order valence-electron chi connectivity index (χ4n) is 2.26. The third-order valence-corrected chi connectivity index (χ3v) is 4.21. The van der Waals surface area contributed by atoms with E-state index in [9.17, 15) is 15.0 Å². The summed E-state index contributed by atoms with van der Waals surface area (Å²) in [7, 11) is 0. The predicted octanol–water partition coefficient (Wildman–Crippen LogP) is 2.13. The summed E-state index contributed by atoms with van der Waals surface area (Å²) in [6, 6.07) is 5.81. The van der Waals surface area contributed by atoms with Gasteiger partial charge in [-0.15, -0.1) is 10.2 Å². The highest BCUT2D eigenvalue weighted by molar-refractivity contribution is 7.99. The monoisotopic (exact) mass is 330 g/mol. The van der Waals surface area contributed by atoms with Crippen molar-refractivity contribution in [3.8, 4) is 11.5 Å². The number of ketones is 1. The van der Waals surface area contributed by atoms with Gasteiger partial charge in [0.15, 0.2) is 10.9 Å². The van der Waals surface area contributed by atoms with Crippen molar-refractivity contribution in [1.82, 2.24) is 19.6 Å². The maximum Gasteiger partial charge on any atom is 0.256 e. The molecular formula is C15H14N4O3S. The molecule has 2 aromatic heterocycles. The average molecular weight is 330 g/mol. The lowest BCUT2D eigenvalue weighted by atomic mass is 10.1. The number of phenols is 2. The van der Waals surface area contributed by atoms with Crippen LogP contribution in [0.4, 0.5) is 0 Å². The fourth-order valence-corrected chi connectivity index (χ4v) is 3.13. The van der Waals surface area contributed by atoms with Crippen molar-refractivity contribution in [3.05, 3.63) is 41.2 Å². The normalized spacial score (nSPS) is 11.0. The standard InChI is InChI=1S/C15H14N4O3S/c1-8-5-9(2)19-14(16-8)17-18-15(19)23-7-13(22)11-4-3-10(20)6-12(11)21/h3-6,20-21H,7H2,1-2H3. The van der Waals surface area contributed by atoms with Gasteiger partial charge >= 0.3 is 0 Å². The maximum atomic E-state index is 12.2. The van der Waals surface area contributed by atoms with Gasteiger partial charge in [0.05, 0.1) is 11.3 Å². The Kier molecular flexibility index (Phi) is 3.91. The molecule has 3 aromatic rings. The van der Waals surface area contributed by atoms with E-state index >= 15 is 0 Å². The van der Waals surface area contributed by atoms with Gasteiger partial charge < -0.3 is 10.2 Å². The number of phenolic OH excluding ortho intramolecular Hbond substituents is 2. The number of carbonyl (C=O) groups excluding carboxylic acids is 1. The minimum Gasteiger partial charge on any atom is -0.508 e. The second-order valence-electron chi connectivity index (χ2n) is 5.07. The molecule has 1 aromatic carbocycles. The number of aryl methyl sites for hydroxylation is 2. The fraction of sp³-hybridized carbons (Fsp3) is 0.200. The Morgan fingerprint density at radius 1 is 1.22 bits per heavy atom. The summed E-state index contributed by atoms with van der Waals surface area (Å²) < 4.78 is 1.78. The number of hydrogen-bond acceptors (Lipinski definition) is 7. The number of nitrogens with zero attached hydrogens (tertiary/aromatic N) is 4. The molecule has 0 unspecified atom stereocenters. The number of Topliss-reactive ketones (excluding diaryl/α,β-unsaturated/α-hetero) is 1. The van der Waals surface area contributed by atoms with Crippen molar-refractivity contribution in [2.75, 3.05) is 5.75 Å². The summed E-state index contributed by atoms with van der Waals surface area (Å²) in [5, 5.41) is 27.6. The first kappa shape index (κ1) is 15.3. The van der Waals surface area contributed by atoms with Gasteiger partial charge in [-0.2, -0.15) is 0 Å². The highest BCUT2D eigenvalue weighted by atomic mass is 32.2. The van der Waals surface area contributed by atoms with E-state index in [0.717, 1.165) is 17.5 Å². The molecular weight excluding hydrogens is 316 g/mol. The Hall–Kier alpha value is -2.61. The van der Waals surface area contributed by atoms with Crippen molar-refractivity contribution in [3.63, 3.8) is 0 Å². The second-order valence-corrected chi connectivity index (χ2v) is 6.01. The molecule has 0 fully saturated rings. The van der Waals surface area contributed by atoms with Gasteiger partial charge in [0, 0.05) is 17.5 Å². The molecule has 0 saturated heterocycles. The molecule has 23 heavy (non-hydrogen) atoms. The largest absolute Gasteiger partial charge is 0.508 e. The van der Waals surface area contributed by atoms with E-state index in [1.165, 1.54) is 23.9 Å². The summed E-state index contributed by atoms with van der Waals surface area (Å²) >= 11 is 1.22. The highest BCUT2D eigenvalue weighted by Gasteiger charge is 2.15. The Morgan fingerprint density at radius 3 is 2.74 bits per heavy atom. The van der Waals surface area contributed by atoms with Gasteiger partial charge in [-0.3, -0.25) is 9.20 Å². The molecule has 0 spiro atoms. The van der Waals surface area contributed by atoms with Crippen LogP contribution in [0.5, 0.6) is 11.5 Å². The molecule has 0 atom stereocenters. The van der Waals surface area contributed by atoms with Gasteiger partial charge in [-0.1, -0.05) is 11.8 Å². The molecule has 0 aliphatic rings. The lowest BCUT2D eigenvalue weighted by molar-refractivity contribution is 0.102. The van der Waals surface area contributed by atoms with Crippen LogP contribution in [0.2, 0.25) is 0 Å². The first-order valence-electron chi connectivity index (χ1n) is 6.83. The predicted molar refractivity (Wildman–Crippen MR) is 85.1 cm³/mol. The zero-order valence-corrected chi connectivity index (χ0v) is 13.3. The first-order valence-corrected chi connectivity index (χ1v) is 7.81. The zero-order chi connectivity index (χ0) is 16.6. The molecule has 0 radical (unpaired) electrons. The molecule has 3 rings (SSSR count). The third-order valence-electron chi connectivity index (χ3n) is 3.28. The van der Waals surface area contributed by atoms with Gasteiger partial charge in [-0.25, -0.2) is 4.98 Å². The van der Waals surface area contributed by atoms with Crippen LogP contribution in [-0.2, 0) is 0 Å². The summed E-state index contributed by atoms with van der Waals surface area (Å²) in [6.07, 6.45) is 0. The van der Waals surface area contributed by atoms with Crippen molar-refractivity contribution in [1.29, 1.82) is 0 Å². The molecule has 118 valence electrons. The van der Waals surface area contributed by atoms with E-state index < -0.39 is 0 Å². The number of carbonyl (C=O) groups is 1. The summed E-state index contributed by atoms with van der Waals surface area (Å²) in [5.41, 5.74) is 1.94. The van der Waals surface area contributed by atoms with Crippen molar-refractivity contribution >= 4 is 23.3 Å². The molecule has 0 aliphatic heterocycles. The van der Waals surface area contributed by atoms with Crippen LogP contribution in [0, 0.1) is 13.8 Å². The van der Waals surface area contributed by atoms with Crippen LogP contribution in [0.15, 0.2) is 29.4 Å². The van der Waals surface area contributed by atoms with E-state index in [1.54, 1.807) is 4.40 Å². The Bertz CT molecular complexity index is 907. The van der Waals surface area contributed by atoms with E-state index in [2.05, 4.69) is 15.2 Å². The van der Waals surface area contributed by atoms with E-state index in [-0.39, 0.29) is 28.6 Å². The Balaban J connectivity index is 1.82. The first-order chi connectivity index (χ1) is 11.0. The molecule has 2 heterocycles. The molecule has 7 nitrogen and oxygen atoms in total. The van der Waals surface area contributed by atoms with Crippen molar-refractivity contribution in [2.45, 2.75) is 19.0 Å². The SMILES string of the molecule is Cc1cc(C)n2c(SCC(=O)c3ccc(O)cc3O)nnc2n1. The topological polar surface area (TPSA) is 101 Å². The van der Waals surface area contributed by atoms with E-state index in [0.29, 0.717) is 10.9 Å². The Morgan fingerprint density at radius 2 is 2.00 bits per heavy atom. The quantitative estimate of drug-likeness (QED) is 0.558. The van der Waals surface area contributed by atoms with Crippen LogP contribution in [0.1, 0.15) is 21.7 Å². The van der Waals surface area contributed by atoms with Gasteiger partial charge in [0.25, 0.3) is 5.78 Å². The number of rotatable bonds is 4. The highest BCUT2D eigenvalue weighted by Crippen LogP contribution is 2.25. The minimum absolute atomic E-state index is 0.0897. The molecule has 0 saturated carbocycles. The lowest BCUT2D eigenvalue weighted by Crippen LogP contribution is -2.04. The zero-order valence-electron chi connectivity index (χ0n) is 12.5. The molecule has 8 heteroatoms. The van der Waals surface area contributed by atoms with Crippen LogP contribution in [0.3, 0.4) is 0 Å². The lowest BCUT2D eigenvalue weighted by Gasteiger charge is -2.05. The number of aromatic hydroxyl groups is 2. The maximum absolute atomic E-state index is 12.2. The van der Waals surface area contributed by atoms with Crippen LogP contribution in [-0.4, -0.2) is 41.3 Å². The molecule has 2 N–H and O–H groups in total. The molecule has 0 bridgehead atoms. The van der Waals surface area contributed by atoms with Gasteiger partial charge in [0.1, 0.15) is 11.5 Å². The van der Waals surface area contributed by atoms with Crippen molar-refractivity contribution < 1.29 is 15.0 Å². The van der Waals surface area contributed by atoms with E-state index in [1.807, 2.05) is 19.9 Å². The van der Waals surface area contributed by atoms with Gasteiger partial charge in [-0.05, 0) is 32.0 Å². The number of thioether (sulfide) groups is 1. The average Bonchev–Trinajstić information content (AvgIpc) is 2.88. The van der Waals surface area contributed by atoms with Crippen molar-refractivity contribution in [2.24, 2.45) is 0 Å². The smallest absolute Gasteiger partial charge is 0.256 e. The second kappa shape index (κ2) is 5.88. The van der Waals surface area contributed by atoms with Crippen LogP contribution in [0.25, 0.3) is 5.78 Å². The third kappa shape index (κ3) is 2.98. The summed E-state index contributed by atoms with van der Waals surface area (Å²) in [6.45, 7) is 3.80. The van der Waals surface area contributed by atoms with Crippen LogP contribution >= 0.6 is 11.8 Å². The number of hydrogen-bond donors (Lipinski definition) is 2. The molecule has 0 aliphatic carbocycles. The number of fused-ring (bicyclic) bond motifs is 1. The van der Waals surface area contributed by atoms with Gasteiger partial charge in [0.2, 0.25) is 0 Å². The van der Waals surface area contributed by atoms with E-state index in [4.69, 9.17) is 0 Å². The molecule has 0 amide bonds. The summed E-state index contributed by atoms with van der Waals surface area (Å²) in [4.78, 5) is 16.5. The Labute approximate surface area is 136 Å². The summed E-state index contributed by atoms with van der Waals surface area (Å²) in [5.74, 6) is -0.0128. The minimum atomic E-state index is -0.262.